The number of alkyl halides is 2. The van der Waals surface area contributed by atoms with Crippen LogP contribution in [0.25, 0.3) is 0 Å². The van der Waals surface area contributed by atoms with E-state index in [1.807, 2.05) is 0 Å². The third-order valence-electron chi connectivity index (χ3n) is 1.69. The Balaban J connectivity index is 3.03. The summed E-state index contributed by atoms with van der Waals surface area (Å²) in [5.41, 5.74) is 5.21. The lowest BCUT2D eigenvalue weighted by Gasteiger charge is -2.08. The Labute approximate surface area is 83.6 Å². The normalized spacial score (nSPS) is 10.4. The molecule has 1 aromatic carbocycles. The number of nitrogens with zero attached hydrogens (tertiary/aromatic N) is 1. The number of nitrogens with two attached hydrogens (primary N) is 1. The third kappa shape index (κ3) is 2.84. The number of nitro groups is 1. The van der Waals surface area contributed by atoms with E-state index in [2.05, 4.69) is 4.74 Å². The van der Waals surface area contributed by atoms with Gasteiger partial charge in [0.25, 0.3) is 5.69 Å². The second-order valence-corrected chi connectivity index (χ2v) is 2.63. The molecule has 0 fully saturated rings. The highest BCUT2D eigenvalue weighted by Gasteiger charge is 2.13. The van der Waals surface area contributed by atoms with E-state index in [0.717, 1.165) is 18.2 Å². The van der Waals surface area contributed by atoms with Crippen LogP contribution in [0.2, 0.25) is 0 Å². The summed E-state index contributed by atoms with van der Waals surface area (Å²) in [5, 5.41) is 10.4. The van der Waals surface area contributed by atoms with Crippen molar-refractivity contribution < 1.29 is 18.4 Å². The molecule has 0 heterocycles. The summed E-state index contributed by atoms with van der Waals surface area (Å²) in [6, 6.07) is 3.29. The van der Waals surface area contributed by atoms with E-state index < -0.39 is 11.5 Å². The second kappa shape index (κ2) is 4.65. The van der Waals surface area contributed by atoms with Gasteiger partial charge in [-0.2, -0.15) is 8.78 Å². The molecule has 82 valence electrons. The van der Waals surface area contributed by atoms with Crippen molar-refractivity contribution in [2.75, 3.05) is 0 Å². The summed E-state index contributed by atoms with van der Waals surface area (Å²) < 4.78 is 27.9. The first-order chi connectivity index (χ1) is 7.04. The van der Waals surface area contributed by atoms with E-state index in [0.29, 0.717) is 0 Å². The van der Waals surface area contributed by atoms with Gasteiger partial charge in [-0.1, -0.05) is 0 Å². The summed E-state index contributed by atoms with van der Waals surface area (Å²) in [7, 11) is 0. The minimum absolute atomic E-state index is 0.107. The molecule has 0 aliphatic carbocycles. The molecule has 0 unspecified atom stereocenters. The highest BCUT2D eigenvalue weighted by molar-refractivity contribution is 5.43. The first-order valence-electron chi connectivity index (χ1n) is 3.96. The summed E-state index contributed by atoms with van der Waals surface area (Å²) in [6.07, 6.45) is 0. The number of halogens is 2. The average molecular weight is 218 g/mol. The molecule has 0 bridgehead atoms. The highest BCUT2D eigenvalue weighted by atomic mass is 19.3. The smallest absolute Gasteiger partial charge is 0.387 e. The maximum atomic E-state index is 11.9. The molecule has 0 atom stereocenters. The van der Waals surface area contributed by atoms with Gasteiger partial charge in [-0.05, 0) is 6.07 Å². The van der Waals surface area contributed by atoms with Crippen LogP contribution in [0.3, 0.4) is 0 Å². The molecule has 0 saturated carbocycles. The lowest BCUT2D eigenvalue weighted by atomic mass is 10.2. The van der Waals surface area contributed by atoms with Crippen molar-refractivity contribution in [2.45, 2.75) is 13.2 Å². The van der Waals surface area contributed by atoms with Gasteiger partial charge in [0.05, 0.1) is 4.92 Å². The van der Waals surface area contributed by atoms with Crippen LogP contribution < -0.4 is 10.5 Å². The number of benzene rings is 1. The van der Waals surface area contributed by atoms with Crippen LogP contribution in [0.4, 0.5) is 14.5 Å². The molecular weight excluding hydrogens is 210 g/mol. The second-order valence-electron chi connectivity index (χ2n) is 2.63. The van der Waals surface area contributed by atoms with Gasteiger partial charge in [0.15, 0.2) is 0 Å². The van der Waals surface area contributed by atoms with Crippen LogP contribution >= 0.6 is 0 Å². The molecule has 0 amide bonds. The van der Waals surface area contributed by atoms with Crippen LogP contribution in [-0.2, 0) is 6.54 Å². The van der Waals surface area contributed by atoms with Crippen molar-refractivity contribution in [1.29, 1.82) is 0 Å². The van der Waals surface area contributed by atoms with Crippen molar-refractivity contribution in [3.8, 4) is 5.75 Å². The van der Waals surface area contributed by atoms with Gasteiger partial charge >= 0.3 is 6.61 Å². The minimum atomic E-state index is -2.98. The fraction of sp³-hybridized carbons (Fsp3) is 0.250. The van der Waals surface area contributed by atoms with Crippen molar-refractivity contribution in [3.63, 3.8) is 0 Å². The quantitative estimate of drug-likeness (QED) is 0.615. The van der Waals surface area contributed by atoms with Gasteiger partial charge in [0, 0.05) is 24.2 Å². The largest absolute Gasteiger partial charge is 0.434 e. The Bertz CT molecular complexity index is 371. The molecule has 0 saturated heterocycles. The predicted molar refractivity (Wildman–Crippen MR) is 47.6 cm³/mol. The first-order valence-corrected chi connectivity index (χ1v) is 3.96. The molecule has 1 aromatic rings. The number of hydrogen-bond acceptors (Lipinski definition) is 4. The van der Waals surface area contributed by atoms with Crippen molar-refractivity contribution in [1.82, 2.24) is 0 Å². The topological polar surface area (TPSA) is 78.4 Å². The number of hydrogen-bond donors (Lipinski definition) is 1. The molecule has 15 heavy (non-hydrogen) atoms. The molecule has 0 spiro atoms. The molecule has 1 rings (SSSR count). The van der Waals surface area contributed by atoms with E-state index in [9.17, 15) is 18.9 Å². The van der Waals surface area contributed by atoms with Crippen LogP contribution in [-0.4, -0.2) is 11.5 Å². The van der Waals surface area contributed by atoms with Crippen LogP contribution in [0.1, 0.15) is 5.56 Å². The standard InChI is InChI=1S/C8H8F2N2O3/c9-8(10)15-7-2-1-6(12(13)14)3-5(7)4-11/h1-3,8H,4,11H2. The highest BCUT2D eigenvalue weighted by Crippen LogP contribution is 2.25. The Morgan fingerprint density at radius 1 is 1.53 bits per heavy atom. The van der Waals surface area contributed by atoms with Crippen LogP contribution in [0.5, 0.6) is 5.75 Å². The first kappa shape index (κ1) is 11.3. The maximum Gasteiger partial charge on any atom is 0.387 e. The number of ether oxygens (including phenoxy) is 1. The summed E-state index contributed by atoms with van der Waals surface area (Å²) in [5.74, 6) is -0.141. The van der Waals surface area contributed by atoms with E-state index >= 15 is 0 Å². The SMILES string of the molecule is NCc1cc([N+](=O)[O-])ccc1OC(F)F. The number of nitro benzene ring substituents is 1. The molecule has 0 aromatic heterocycles. The monoisotopic (exact) mass is 218 g/mol. The number of non-ortho nitro benzene ring substituents is 1. The lowest BCUT2D eigenvalue weighted by molar-refractivity contribution is -0.385. The fourth-order valence-corrected chi connectivity index (χ4v) is 1.05. The van der Waals surface area contributed by atoms with Crippen LogP contribution in [0, 0.1) is 10.1 Å². The molecule has 0 aliphatic heterocycles. The van der Waals surface area contributed by atoms with Gasteiger partial charge < -0.3 is 10.5 Å². The van der Waals surface area contributed by atoms with Gasteiger partial charge in [-0.25, -0.2) is 0 Å². The van der Waals surface area contributed by atoms with E-state index in [-0.39, 0.29) is 23.5 Å². The molecule has 5 nitrogen and oxygen atoms in total. The van der Waals surface area contributed by atoms with Crippen molar-refractivity contribution in [3.05, 3.63) is 33.9 Å². The lowest BCUT2D eigenvalue weighted by Crippen LogP contribution is -2.07. The zero-order chi connectivity index (χ0) is 11.4. The third-order valence-corrected chi connectivity index (χ3v) is 1.69. The van der Waals surface area contributed by atoms with Crippen molar-refractivity contribution in [2.24, 2.45) is 5.73 Å². The molecule has 0 aliphatic rings. The molecule has 2 N–H and O–H groups in total. The summed E-state index contributed by atoms with van der Waals surface area (Å²) >= 11 is 0. The van der Waals surface area contributed by atoms with Gasteiger partial charge in [-0.3, -0.25) is 10.1 Å². The van der Waals surface area contributed by atoms with Gasteiger partial charge in [0.1, 0.15) is 5.75 Å². The number of rotatable bonds is 4. The van der Waals surface area contributed by atoms with E-state index in [1.165, 1.54) is 0 Å². The summed E-state index contributed by atoms with van der Waals surface area (Å²) in [4.78, 5) is 9.74. The predicted octanol–water partition coefficient (Wildman–Crippen LogP) is 1.65. The van der Waals surface area contributed by atoms with Crippen LogP contribution in [0.15, 0.2) is 18.2 Å². The molecular formula is C8H8F2N2O3. The maximum absolute atomic E-state index is 11.9. The summed E-state index contributed by atoms with van der Waals surface area (Å²) in [6.45, 7) is -3.08. The Morgan fingerprint density at radius 3 is 2.67 bits per heavy atom. The molecule has 7 heteroatoms. The Kier molecular flexibility index (Phi) is 3.51. The zero-order valence-electron chi connectivity index (χ0n) is 7.52. The Hall–Kier alpha value is -1.76. The van der Waals surface area contributed by atoms with E-state index in [4.69, 9.17) is 5.73 Å². The molecule has 0 radical (unpaired) electrons. The Morgan fingerprint density at radius 2 is 2.20 bits per heavy atom. The average Bonchev–Trinajstić information content (AvgIpc) is 2.17. The zero-order valence-corrected chi connectivity index (χ0v) is 7.52. The van der Waals surface area contributed by atoms with Crippen molar-refractivity contribution >= 4 is 5.69 Å². The van der Waals surface area contributed by atoms with Gasteiger partial charge in [0.2, 0.25) is 0 Å². The minimum Gasteiger partial charge on any atom is -0.434 e. The van der Waals surface area contributed by atoms with Gasteiger partial charge in [-0.15, -0.1) is 0 Å². The van der Waals surface area contributed by atoms with E-state index in [1.54, 1.807) is 0 Å². The fourth-order valence-electron chi connectivity index (χ4n) is 1.05.